The van der Waals surface area contributed by atoms with Crippen molar-refractivity contribution in [3.63, 3.8) is 0 Å². The molecule has 1 aliphatic carbocycles. The summed E-state index contributed by atoms with van der Waals surface area (Å²) in [6.45, 7) is 4.28. The molecule has 5 heteroatoms. The van der Waals surface area contributed by atoms with E-state index in [-0.39, 0.29) is 0 Å². The van der Waals surface area contributed by atoms with E-state index < -0.39 is 0 Å². The first-order chi connectivity index (χ1) is 10.3. The van der Waals surface area contributed by atoms with Gasteiger partial charge < -0.3 is 14.8 Å². The lowest BCUT2D eigenvalue weighted by Gasteiger charge is -2.10. The van der Waals surface area contributed by atoms with E-state index in [9.17, 15) is 0 Å². The first-order valence-corrected chi connectivity index (χ1v) is 8.08. The summed E-state index contributed by atoms with van der Waals surface area (Å²) in [6, 6.07) is 1.89. The molecule has 1 saturated carbocycles. The Morgan fingerprint density at radius 3 is 2.76 bits per heavy atom. The summed E-state index contributed by atoms with van der Waals surface area (Å²) in [5.74, 6) is 2.98. The number of nitrogens with one attached hydrogen (secondary N) is 1. The molecule has 0 bridgehead atoms. The van der Waals surface area contributed by atoms with Gasteiger partial charge in [0, 0.05) is 25.6 Å². The van der Waals surface area contributed by atoms with E-state index in [1.165, 1.54) is 38.5 Å². The van der Waals surface area contributed by atoms with Crippen LogP contribution in [-0.4, -0.2) is 36.8 Å². The fourth-order valence-electron chi connectivity index (χ4n) is 2.13. The molecule has 0 atom stereocenters. The lowest BCUT2D eigenvalue weighted by Crippen LogP contribution is -2.09. The maximum Gasteiger partial charge on any atom is 0.218 e. The van der Waals surface area contributed by atoms with Crippen LogP contribution in [0.4, 0.5) is 5.82 Å². The average molecular weight is 293 g/mol. The summed E-state index contributed by atoms with van der Waals surface area (Å²) in [4.78, 5) is 9.10. The summed E-state index contributed by atoms with van der Waals surface area (Å²) in [6.07, 6.45) is 7.38. The molecule has 0 aliphatic heterocycles. The summed E-state index contributed by atoms with van der Waals surface area (Å²) in [5, 5.41) is 3.40. The Morgan fingerprint density at radius 1 is 1.19 bits per heavy atom. The van der Waals surface area contributed by atoms with Gasteiger partial charge in [-0.15, -0.1) is 0 Å². The van der Waals surface area contributed by atoms with Crippen LogP contribution in [-0.2, 0) is 4.74 Å². The number of hydrogen-bond donors (Lipinski definition) is 1. The zero-order chi connectivity index (χ0) is 14.9. The highest BCUT2D eigenvalue weighted by Gasteiger charge is 2.27. The molecule has 21 heavy (non-hydrogen) atoms. The molecule has 0 saturated heterocycles. The van der Waals surface area contributed by atoms with E-state index in [2.05, 4.69) is 22.2 Å². The second-order valence-electron chi connectivity index (χ2n) is 5.55. The Labute approximate surface area is 127 Å². The van der Waals surface area contributed by atoms with Crippen molar-refractivity contribution in [3.05, 3.63) is 11.9 Å². The molecule has 1 N–H and O–H groups in total. The average Bonchev–Trinajstić information content (AvgIpc) is 3.32. The molecule has 1 aromatic rings. The van der Waals surface area contributed by atoms with Gasteiger partial charge in [0.05, 0.1) is 6.61 Å². The number of anilines is 1. The molecule has 0 unspecified atom stereocenters. The lowest BCUT2D eigenvalue weighted by molar-refractivity contribution is 0.143. The van der Waals surface area contributed by atoms with Gasteiger partial charge in [-0.3, -0.25) is 0 Å². The van der Waals surface area contributed by atoms with E-state index in [0.717, 1.165) is 18.2 Å². The minimum atomic E-state index is 0.521. The van der Waals surface area contributed by atoms with Gasteiger partial charge in [-0.2, -0.15) is 4.98 Å². The molecule has 0 amide bonds. The topological polar surface area (TPSA) is 56.3 Å². The lowest BCUT2D eigenvalue weighted by atomic mass is 10.2. The number of unbranched alkanes of at least 4 members (excludes halogenated alkanes) is 3. The molecular weight excluding hydrogens is 266 g/mol. The SMILES string of the molecule is CCCCCCNc1cc(OCCOC)nc(C2CC2)n1. The summed E-state index contributed by atoms with van der Waals surface area (Å²) in [5.41, 5.74) is 0. The normalized spacial score (nSPS) is 14.2. The van der Waals surface area contributed by atoms with Crippen LogP contribution < -0.4 is 10.1 Å². The van der Waals surface area contributed by atoms with Crippen molar-refractivity contribution in [2.45, 2.75) is 51.4 Å². The summed E-state index contributed by atoms with van der Waals surface area (Å²) in [7, 11) is 1.67. The molecule has 5 nitrogen and oxygen atoms in total. The second kappa shape index (κ2) is 8.82. The van der Waals surface area contributed by atoms with Crippen LogP contribution in [0, 0.1) is 0 Å². The van der Waals surface area contributed by atoms with Crippen LogP contribution in [0.3, 0.4) is 0 Å². The van der Waals surface area contributed by atoms with Gasteiger partial charge in [-0.1, -0.05) is 26.2 Å². The van der Waals surface area contributed by atoms with Crippen LogP contribution in [0.2, 0.25) is 0 Å². The first-order valence-electron chi connectivity index (χ1n) is 8.08. The van der Waals surface area contributed by atoms with Gasteiger partial charge in [0.15, 0.2) is 0 Å². The number of ether oxygens (including phenoxy) is 2. The van der Waals surface area contributed by atoms with Crippen molar-refractivity contribution in [1.29, 1.82) is 0 Å². The zero-order valence-corrected chi connectivity index (χ0v) is 13.2. The minimum Gasteiger partial charge on any atom is -0.475 e. The van der Waals surface area contributed by atoms with Crippen molar-refractivity contribution >= 4 is 5.82 Å². The molecule has 0 spiro atoms. The summed E-state index contributed by atoms with van der Waals surface area (Å²) >= 11 is 0. The van der Waals surface area contributed by atoms with Crippen LogP contribution in [0.1, 0.15) is 57.2 Å². The highest BCUT2D eigenvalue weighted by Crippen LogP contribution is 2.39. The Morgan fingerprint density at radius 2 is 2.05 bits per heavy atom. The predicted octanol–water partition coefficient (Wildman–Crippen LogP) is 3.37. The third-order valence-electron chi connectivity index (χ3n) is 3.54. The van der Waals surface area contributed by atoms with Crippen molar-refractivity contribution in [1.82, 2.24) is 9.97 Å². The van der Waals surface area contributed by atoms with E-state index in [1.807, 2.05) is 6.07 Å². The van der Waals surface area contributed by atoms with E-state index in [1.54, 1.807) is 7.11 Å². The van der Waals surface area contributed by atoms with Gasteiger partial charge in [0.2, 0.25) is 5.88 Å². The summed E-state index contributed by atoms with van der Waals surface area (Å²) < 4.78 is 10.6. The van der Waals surface area contributed by atoms with Crippen LogP contribution >= 0.6 is 0 Å². The Balaban J connectivity index is 1.88. The van der Waals surface area contributed by atoms with Crippen LogP contribution in [0.15, 0.2) is 6.07 Å². The number of rotatable bonds is 11. The second-order valence-corrected chi connectivity index (χ2v) is 5.55. The fourth-order valence-corrected chi connectivity index (χ4v) is 2.13. The largest absolute Gasteiger partial charge is 0.475 e. The van der Waals surface area contributed by atoms with Crippen molar-refractivity contribution in [3.8, 4) is 5.88 Å². The number of nitrogens with zero attached hydrogens (tertiary/aromatic N) is 2. The number of aromatic nitrogens is 2. The Bertz CT molecular complexity index is 422. The highest BCUT2D eigenvalue weighted by atomic mass is 16.5. The molecular formula is C16H27N3O2. The minimum absolute atomic E-state index is 0.521. The standard InChI is InChI=1S/C16H27N3O2/c1-3-4-5-6-9-17-14-12-15(21-11-10-20-2)19-16(18-14)13-7-8-13/h12-13H,3-11H2,1-2H3,(H,17,18,19). The molecule has 1 heterocycles. The quantitative estimate of drug-likeness (QED) is 0.634. The fraction of sp³-hybridized carbons (Fsp3) is 0.750. The van der Waals surface area contributed by atoms with Gasteiger partial charge >= 0.3 is 0 Å². The Hall–Kier alpha value is -1.36. The van der Waals surface area contributed by atoms with Crippen molar-refractivity contribution in [2.75, 3.05) is 32.2 Å². The maximum absolute atomic E-state index is 5.63. The van der Waals surface area contributed by atoms with Gasteiger partial charge in [-0.05, 0) is 19.3 Å². The predicted molar refractivity (Wildman–Crippen MR) is 84.0 cm³/mol. The van der Waals surface area contributed by atoms with Crippen LogP contribution in [0.5, 0.6) is 5.88 Å². The zero-order valence-electron chi connectivity index (χ0n) is 13.2. The molecule has 1 aromatic heterocycles. The third kappa shape index (κ3) is 5.87. The monoisotopic (exact) mass is 293 g/mol. The molecule has 1 aliphatic rings. The number of hydrogen-bond acceptors (Lipinski definition) is 5. The van der Waals surface area contributed by atoms with E-state index in [4.69, 9.17) is 9.47 Å². The highest BCUT2D eigenvalue weighted by molar-refractivity contribution is 5.39. The van der Waals surface area contributed by atoms with E-state index >= 15 is 0 Å². The molecule has 118 valence electrons. The molecule has 2 rings (SSSR count). The maximum atomic E-state index is 5.63. The van der Waals surface area contributed by atoms with Gasteiger partial charge in [0.25, 0.3) is 0 Å². The van der Waals surface area contributed by atoms with Gasteiger partial charge in [0.1, 0.15) is 18.2 Å². The van der Waals surface area contributed by atoms with Crippen LogP contribution in [0.25, 0.3) is 0 Å². The smallest absolute Gasteiger partial charge is 0.218 e. The molecule has 0 radical (unpaired) electrons. The third-order valence-corrected chi connectivity index (χ3v) is 3.54. The van der Waals surface area contributed by atoms with Crippen molar-refractivity contribution in [2.24, 2.45) is 0 Å². The molecule has 1 fully saturated rings. The van der Waals surface area contributed by atoms with Crippen molar-refractivity contribution < 1.29 is 9.47 Å². The Kier molecular flexibility index (Phi) is 6.73. The van der Waals surface area contributed by atoms with Gasteiger partial charge in [-0.25, -0.2) is 4.98 Å². The molecule has 0 aromatic carbocycles. The number of methoxy groups -OCH3 is 1. The first kappa shape index (κ1) is 16.0. The van der Waals surface area contributed by atoms with E-state index in [0.29, 0.717) is 25.0 Å².